The number of hydrogen-bond acceptors (Lipinski definition) is 2. The zero-order valence-electron chi connectivity index (χ0n) is 10.1. The first-order valence-corrected chi connectivity index (χ1v) is 6.81. The molecule has 0 aromatic carbocycles. The standard InChI is InChI=1S/C12H19N3S.HI/c1-13-12(15-11-4-2-3-5-11)14-8-10-6-7-16-9-10;/h6-7,9,11H,2-5,8H2,1H3,(H2,13,14,15);1H. The second-order valence-electron chi connectivity index (χ2n) is 4.18. The Hall–Kier alpha value is -0.300. The SMILES string of the molecule is CN=C(NCc1ccsc1)NC1CCCC1.I. The van der Waals surface area contributed by atoms with E-state index in [1.807, 2.05) is 7.05 Å². The van der Waals surface area contributed by atoms with E-state index >= 15 is 0 Å². The normalized spacial score (nSPS) is 16.6. The van der Waals surface area contributed by atoms with E-state index in [9.17, 15) is 0 Å². The van der Waals surface area contributed by atoms with E-state index < -0.39 is 0 Å². The van der Waals surface area contributed by atoms with Crippen LogP contribution in [0.4, 0.5) is 0 Å². The second-order valence-corrected chi connectivity index (χ2v) is 4.96. The maximum Gasteiger partial charge on any atom is 0.191 e. The van der Waals surface area contributed by atoms with Gasteiger partial charge in [-0.05, 0) is 35.2 Å². The molecule has 17 heavy (non-hydrogen) atoms. The van der Waals surface area contributed by atoms with Gasteiger partial charge in [0.05, 0.1) is 0 Å². The van der Waals surface area contributed by atoms with Crippen LogP contribution in [0, 0.1) is 0 Å². The molecule has 0 saturated heterocycles. The van der Waals surface area contributed by atoms with Crippen molar-refractivity contribution in [3.05, 3.63) is 22.4 Å². The zero-order valence-corrected chi connectivity index (χ0v) is 13.3. The van der Waals surface area contributed by atoms with Crippen molar-refractivity contribution in [1.82, 2.24) is 10.6 Å². The first-order valence-electron chi connectivity index (χ1n) is 5.87. The zero-order chi connectivity index (χ0) is 11.2. The summed E-state index contributed by atoms with van der Waals surface area (Å²) >= 11 is 1.73. The lowest BCUT2D eigenvalue weighted by atomic mass is 10.2. The molecule has 1 aliphatic rings. The number of thiophene rings is 1. The first-order chi connectivity index (χ1) is 7.88. The highest BCUT2D eigenvalue weighted by molar-refractivity contribution is 14.0. The summed E-state index contributed by atoms with van der Waals surface area (Å²) in [5.74, 6) is 0.929. The molecule has 0 unspecified atom stereocenters. The molecule has 5 heteroatoms. The number of halogens is 1. The van der Waals surface area contributed by atoms with Gasteiger partial charge < -0.3 is 10.6 Å². The van der Waals surface area contributed by atoms with Gasteiger partial charge in [0.2, 0.25) is 0 Å². The predicted octanol–water partition coefficient (Wildman–Crippen LogP) is 2.97. The average molecular weight is 365 g/mol. The van der Waals surface area contributed by atoms with Gasteiger partial charge in [0.25, 0.3) is 0 Å². The molecule has 1 aromatic rings. The molecule has 96 valence electrons. The van der Waals surface area contributed by atoms with Crippen LogP contribution >= 0.6 is 35.3 Å². The molecule has 2 N–H and O–H groups in total. The molecule has 1 heterocycles. The van der Waals surface area contributed by atoms with Crippen LogP contribution in [0.5, 0.6) is 0 Å². The highest BCUT2D eigenvalue weighted by Gasteiger charge is 2.15. The van der Waals surface area contributed by atoms with E-state index in [0.717, 1.165) is 12.5 Å². The van der Waals surface area contributed by atoms with Gasteiger partial charge >= 0.3 is 0 Å². The smallest absolute Gasteiger partial charge is 0.191 e. The summed E-state index contributed by atoms with van der Waals surface area (Å²) in [4.78, 5) is 4.25. The third kappa shape index (κ3) is 4.83. The molecular formula is C12H20IN3S. The Morgan fingerprint density at radius 2 is 2.24 bits per heavy atom. The van der Waals surface area contributed by atoms with Gasteiger partial charge in [-0.2, -0.15) is 11.3 Å². The highest BCUT2D eigenvalue weighted by atomic mass is 127. The highest BCUT2D eigenvalue weighted by Crippen LogP contribution is 2.17. The Bertz CT molecular complexity index is 332. The molecule has 0 bridgehead atoms. The van der Waals surface area contributed by atoms with Crippen LogP contribution in [0.3, 0.4) is 0 Å². The summed E-state index contributed by atoms with van der Waals surface area (Å²) < 4.78 is 0. The molecule has 3 nitrogen and oxygen atoms in total. The van der Waals surface area contributed by atoms with E-state index in [4.69, 9.17) is 0 Å². The summed E-state index contributed by atoms with van der Waals surface area (Å²) in [5.41, 5.74) is 1.32. The monoisotopic (exact) mass is 365 g/mol. The first kappa shape index (κ1) is 14.8. The summed E-state index contributed by atoms with van der Waals surface area (Å²) in [6.45, 7) is 0.857. The Morgan fingerprint density at radius 3 is 2.82 bits per heavy atom. The van der Waals surface area contributed by atoms with Crippen molar-refractivity contribution in [2.75, 3.05) is 7.05 Å². The number of guanidine groups is 1. The minimum atomic E-state index is 0. The number of rotatable bonds is 3. The van der Waals surface area contributed by atoms with Crippen LogP contribution in [0.1, 0.15) is 31.2 Å². The van der Waals surface area contributed by atoms with Crippen molar-refractivity contribution in [1.29, 1.82) is 0 Å². The van der Waals surface area contributed by atoms with Gasteiger partial charge in [-0.15, -0.1) is 24.0 Å². The van der Waals surface area contributed by atoms with Gasteiger partial charge in [-0.25, -0.2) is 0 Å². The molecule has 0 aliphatic heterocycles. The molecule has 1 saturated carbocycles. The number of hydrogen-bond donors (Lipinski definition) is 2. The van der Waals surface area contributed by atoms with Gasteiger partial charge in [-0.3, -0.25) is 4.99 Å². The molecule has 0 radical (unpaired) electrons. The van der Waals surface area contributed by atoms with E-state index in [1.165, 1.54) is 31.2 Å². The van der Waals surface area contributed by atoms with Gasteiger partial charge in [0.1, 0.15) is 0 Å². The van der Waals surface area contributed by atoms with Crippen molar-refractivity contribution in [2.45, 2.75) is 38.3 Å². The van der Waals surface area contributed by atoms with Crippen LogP contribution in [-0.2, 0) is 6.54 Å². The molecule has 0 atom stereocenters. The molecule has 1 aliphatic carbocycles. The molecule has 1 fully saturated rings. The molecule has 0 spiro atoms. The molecular weight excluding hydrogens is 345 g/mol. The van der Waals surface area contributed by atoms with Crippen LogP contribution in [-0.4, -0.2) is 19.0 Å². The van der Waals surface area contributed by atoms with E-state index in [2.05, 4.69) is 32.5 Å². The summed E-state index contributed by atoms with van der Waals surface area (Å²) in [5, 5.41) is 11.1. The molecule has 0 amide bonds. The fourth-order valence-electron chi connectivity index (χ4n) is 2.04. The van der Waals surface area contributed by atoms with E-state index in [1.54, 1.807) is 11.3 Å². The van der Waals surface area contributed by atoms with Gasteiger partial charge in [0, 0.05) is 19.6 Å². The minimum absolute atomic E-state index is 0. The maximum atomic E-state index is 4.25. The Morgan fingerprint density at radius 1 is 1.47 bits per heavy atom. The lowest BCUT2D eigenvalue weighted by Gasteiger charge is -2.16. The second kappa shape index (κ2) is 7.92. The van der Waals surface area contributed by atoms with E-state index in [-0.39, 0.29) is 24.0 Å². The van der Waals surface area contributed by atoms with Gasteiger partial charge in [-0.1, -0.05) is 12.8 Å². The van der Waals surface area contributed by atoms with Crippen molar-refractivity contribution >= 4 is 41.3 Å². The Kier molecular flexibility index (Phi) is 6.87. The summed E-state index contributed by atoms with van der Waals surface area (Å²) in [6.07, 6.45) is 5.25. The van der Waals surface area contributed by atoms with Crippen LogP contribution in [0.25, 0.3) is 0 Å². The van der Waals surface area contributed by atoms with Crippen molar-refractivity contribution in [2.24, 2.45) is 4.99 Å². The minimum Gasteiger partial charge on any atom is -0.354 e. The molecule has 1 aromatic heterocycles. The summed E-state index contributed by atoms with van der Waals surface area (Å²) in [7, 11) is 1.83. The Balaban J connectivity index is 0.00000144. The van der Waals surface area contributed by atoms with Gasteiger partial charge in [0.15, 0.2) is 5.96 Å². The number of nitrogens with zero attached hydrogens (tertiary/aromatic N) is 1. The van der Waals surface area contributed by atoms with Crippen molar-refractivity contribution in [3.63, 3.8) is 0 Å². The third-order valence-electron chi connectivity index (χ3n) is 2.96. The maximum absolute atomic E-state index is 4.25. The number of nitrogens with one attached hydrogen (secondary N) is 2. The largest absolute Gasteiger partial charge is 0.354 e. The van der Waals surface area contributed by atoms with Crippen molar-refractivity contribution in [3.8, 4) is 0 Å². The summed E-state index contributed by atoms with van der Waals surface area (Å²) in [6, 6.07) is 2.76. The lowest BCUT2D eigenvalue weighted by Crippen LogP contribution is -2.41. The number of aliphatic imine (C=N–C) groups is 1. The van der Waals surface area contributed by atoms with E-state index in [0.29, 0.717) is 6.04 Å². The van der Waals surface area contributed by atoms with Crippen LogP contribution in [0.15, 0.2) is 21.8 Å². The quantitative estimate of drug-likeness (QED) is 0.491. The fourth-order valence-corrected chi connectivity index (χ4v) is 2.71. The van der Waals surface area contributed by atoms with Crippen LogP contribution in [0.2, 0.25) is 0 Å². The Labute approximate surface area is 124 Å². The fraction of sp³-hybridized carbons (Fsp3) is 0.583. The molecule has 2 rings (SSSR count). The topological polar surface area (TPSA) is 36.4 Å². The van der Waals surface area contributed by atoms with Crippen LogP contribution < -0.4 is 10.6 Å². The lowest BCUT2D eigenvalue weighted by molar-refractivity contribution is 0.613. The van der Waals surface area contributed by atoms with Crippen molar-refractivity contribution < 1.29 is 0 Å². The third-order valence-corrected chi connectivity index (χ3v) is 3.69. The predicted molar refractivity (Wildman–Crippen MR) is 85.3 cm³/mol. The average Bonchev–Trinajstić information content (AvgIpc) is 2.97.